The van der Waals surface area contributed by atoms with Crippen LogP contribution in [0.5, 0.6) is 0 Å². The maximum atomic E-state index is 13.0. The van der Waals surface area contributed by atoms with Crippen LogP contribution in [-0.2, 0) is 14.3 Å². The van der Waals surface area contributed by atoms with E-state index in [4.69, 9.17) is 9.47 Å². The summed E-state index contributed by atoms with van der Waals surface area (Å²) in [7, 11) is 2.03. The fourth-order valence-corrected chi connectivity index (χ4v) is 5.27. The average molecular weight is 552 g/mol. The highest BCUT2D eigenvalue weighted by atomic mass is 16.6. The Morgan fingerprint density at radius 3 is 2.60 bits per heavy atom. The summed E-state index contributed by atoms with van der Waals surface area (Å²) in [4.78, 5) is 44.7. The maximum absolute atomic E-state index is 13.0. The van der Waals surface area contributed by atoms with Gasteiger partial charge in [-0.15, -0.1) is 0 Å². The van der Waals surface area contributed by atoms with E-state index in [2.05, 4.69) is 9.88 Å². The molecule has 0 saturated carbocycles. The van der Waals surface area contributed by atoms with Gasteiger partial charge in [-0.3, -0.25) is 9.59 Å². The van der Waals surface area contributed by atoms with Gasteiger partial charge >= 0.3 is 12.1 Å². The number of hydrogen-bond acceptors (Lipinski definition) is 7. The third kappa shape index (κ3) is 7.61. The number of nitrogens with zero attached hydrogens (tertiary/aromatic N) is 2. The summed E-state index contributed by atoms with van der Waals surface area (Å²) >= 11 is 0. The van der Waals surface area contributed by atoms with Crippen molar-refractivity contribution < 1.29 is 24.2 Å². The second-order valence-electron chi connectivity index (χ2n) is 11.2. The number of H-pyrrole nitrogens is 1. The van der Waals surface area contributed by atoms with Crippen LogP contribution in [0.2, 0.25) is 0 Å². The predicted molar refractivity (Wildman–Crippen MR) is 155 cm³/mol. The molecule has 2 aliphatic heterocycles. The zero-order chi connectivity index (χ0) is 28.8. The summed E-state index contributed by atoms with van der Waals surface area (Å²) in [6.45, 7) is 8.69. The molecule has 216 valence electrons. The summed E-state index contributed by atoms with van der Waals surface area (Å²) in [5.74, 6) is -0.750. The molecule has 1 aromatic carbocycles. The zero-order valence-electron chi connectivity index (χ0n) is 23.8. The summed E-state index contributed by atoms with van der Waals surface area (Å²) in [5, 5.41) is 12.0. The number of carbonyl (C=O) groups excluding carboxylic acids is 2. The van der Waals surface area contributed by atoms with E-state index in [1.807, 2.05) is 70.3 Å². The Labute approximate surface area is 235 Å². The van der Waals surface area contributed by atoms with Crippen LogP contribution in [0, 0.1) is 11.8 Å². The summed E-state index contributed by atoms with van der Waals surface area (Å²) < 4.78 is 11.9. The molecule has 2 aromatic rings. The number of esters is 1. The molecule has 0 aliphatic carbocycles. The number of pyridine rings is 1. The highest BCUT2D eigenvalue weighted by Crippen LogP contribution is 2.26. The monoisotopic (exact) mass is 551 g/mol. The first-order valence-corrected chi connectivity index (χ1v) is 14.1. The number of piperazine rings is 1. The van der Waals surface area contributed by atoms with Gasteiger partial charge in [0.2, 0.25) is 0 Å². The first-order chi connectivity index (χ1) is 19.1. The summed E-state index contributed by atoms with van der Waals surface area (Å²) in [6, 6.07) is 7.46. The Morgan fingerprint density at radius 1 is 1.10 bits per heavy atom. The third-order valence-electron chi connectivity index (χ3n) is 7.90. The van der Waals surface area contributed by atoms with Crippen LogP contribution in [0.25, 0.3) is 16.8 Å². The number of aliphatic hydroxyl groups is 1. The number of cyclic esters (lactones) is 1. The van der Waals surface area contributed by atoms with Crippen molar-refractivity contribution in [3.8, 4) is 0 Å². The largest absolute Gasteiger partial charge is 0.457 e. The number of aromatic nitrogens is 1. The SMILES string of the molecule is C/C(=C\c1ccc2cc[nH]c(=O)c2c1)[C@H]1OC(=O)C[C@H](O)CC[C@H](C)[C@H](OC(=O)N2CCN(C)CC2)/C=C/[C@@H]1C. The second-order valence-corrected chi connectivity index (χ2v) is 11.2. The molecule has 9 nitrogen and oxygen atoms in total. The van der Waals surface area contributed by atoms with Gasteiger partial charge in [-0.1, -0.05) is 38.1 Å². The zero-order valence-corrected chi connectivity index (χ0v) is 23.8. The minimum atomic E-state index is -0.847. The van der Waals surface area contributed by atoms with Crippen LogP contribution in [0.3, 0.4) is 0 Å². The number of fused-ring (bicyclic) bond motifs is 1. The quantitative estimate of drug-likeness (QED) is 0.439. The molecular weight excluding hydrogens is 510 g/mol. The molecule has 2 aliphatic rings. The van der Waals surface area contributed by atoms with E-state index in [0.29, 0.717) is 31.3 Å². The van der Waals surface area contributed by atoms with Gasteiger partial charge in [0.25, 0.3) is 5.56 Å². The number of amides is 1. The van der Waals surface area contributed by atoms with E-state index < -0.39 is 24.3 Å². The molecule has 0 radical (unpaired) electrons. The second kappa shape index (κ2) is 13.3. The first-order valence-electron chi connectivity index (χ1n) is 14.1. The predicted octanol–water partition coefficient (Wildman–Crippen LogP) is 3.97. The van der Waals surface area contributed by atoms with Gasteiger partial charge in [0.1, 0.15) is 12.2 Å². The molecule has 5 atom stereocenters. The number of ether oxygens (including phenoxy) is 2. The molecule has 0 unspecified atom stereocenters. The highest BCUT2D eigenvalue weighted by Gasteiger charge is 2.29. The molecule has 2 N–H and O–H groups in total. The van der Waals surface area contributed by atoms with Crippen LogP contribution < -0.4 is 5.56 Å². The third-order valence-corrected chi connectivity index (χ3v) is 7.90. The lowest BCUT2D eigenvalue weighted by Gasteiger charge is -2.33. The minimum absolute atomic E-state index is 0.0456. The van der Waals surface area contributed by atoms with Crippen molar-refractivity contribution in [2.24, 2.45) is 11.8 Å². The van der Waals surface area contributed by atoms with Crippen molar-refractivity contribution >= 4 is 28.9 Å². The van der Waals surface area contributed by atoms with Crippen molar-refractivity contribution in [1.29, 1.82) is 0 Å². The normalized spacial score (nSPS) is 28.3. The number of aliphatic hydroxyl groups excluding tert-OH is 1. The van der Waals surface area contributed by atoms with E-state index in [1.54, 1.807) is 11.1 Å². The lowest BCUT2D eigenvalue weighted by Crippen LogP contribution is -2.48. The van der Waals surface area contributed by atoms with Gasteiger partial charge in [-0.2, -0.15) is 0 Å². The fraction of sp³-hybridized carbons (Fsp3) is 0.516. The molecule has 1 aromatic heterocycles. The number of aromatic amines is 1. The number of likely N-dealkylation sites (N-methyl/N-ethyl adjacent to an activating group) is 1. The minimum Gasteiger partial charge on any atom is -0.457 e. The van der Waals surface area contributed by atoms with Gasteiger partial charge in [-0.25, -0.2) is 4.79 Å². The van der Waals surface area contributed by atoms with E-state index in [1.165, 1.54) is 0 Å². The number of hydrogen-bond donors (Lipinski definition) is 2. The van der Waals surface area contributed by atoms with Gasteiger partial charge in [-0.05, 0) is 67.5 Å². The molecule has 1 amide bonds. The molecule has 40 heavy (non-hydrogen) atoms. The van der Waals surface area contributed by atoms with Gasteiger partial charge in [0, 0.05) is 43.7 Å². The van der Waals surface area contributed by atoms with E-state index in [9.17, 15) is 19.5 Å². The molecule has 9 heteroatoms. The van der Waals surface area contributed by atoms with Gasteiger partial charge in [0.05, 0.1) is 12.5 Å². The van der Waals surface area contributed by atoms with Crippen LogP contribution in [0.1, 0.15) is 45.6 Å². The molecular formula is C31H41N3O6. The van der Waals surface area contributed by atoms with E-state index in [0.717, 1.165) is 29.6 Å². The van der Waals surface area contributed by atoms with Gasteiger partial charge in [0.15, 0.2) is 0 Å². The van der Waals surface area contributed by atoms with Crippen molar-refractivity contribution in [2.45, 2.75) is 58.3 Å². The fourth-order valence-electron chi connectivity index (χ4n) is 5.27. The topological polar surface area (TPSA) is 112 Å². The molecule has 1 saturated heterocycles. The van der Waals surface area contributed by atoms with Crippen LogP contribution in [-0.4, -0.2) is 83.5 Å². The lowest BCUT2D eigenvalue weighted by molar-refractivity contribution is -0.151. The molecule has 4 rings (SSSR count). The van der Waals surface area contributed by atoms with E-state index >= 15 is 0 Å². The smallest absolute Gasteiger partial charge is 0.410 e. The molecule has 0 bridgehead atoms. The van der Waals surface area contributed by atoms with E-state index in [-0.39, 0.29) is 29.9 Å². The molecule has 3 heterocycles. The Morgan fingerprint density at radius 2 is 1.85 bits per heavy atom. The number of nitrogens with one attached hydrogen (secondary N) is 1. The Kier molecular flexibility index (Phi) is 9.81. The molecule has 0 spiro atoms. The number of carbonyl (C=O) groups is 2. The van der Waals surface area contributed by atoms with Crippen molar-refractivity contribution in [3.05, 3.63) is 64.1 Å². The summed E-state index contributed by atoms with van der Waals surface area (Å²) in [6.07, 6.45) is 5.98. The van der Waals surface area contributed by atoms with Crippen LogP contribution in [0.15, 0.2) is 53.0 Å². The maximum Gasteiger partial charge on any atom is 0.410 e. The molecule has 1 fully saturated rings. The van der Waals surface area contributed by atoms with Crippen molar-refractivity contribution in [2.75, 3.05) is 33.2 Å². The highest BCUT2D eigenvalue weighted by molar-refractivity contribution is 5.84. The van der Waals surface area contributed by atoms with Crippen molar-refractivity contribution in [1.82, 2.24) is 14.8 Å². The first kappa shape index (κ1) is 29.6. The standard InChI is InChI=1S/C31H41N3O6/c1-20-5-9-25(35)19-28(36)40-29(22(3)17-23-7-8-24-11-12-32-30(37)26(24)18-23)21(2)6-10-27(20)39-31(38)34-15-13-33(4)14-16-34/h6-8,10-12,17-18,20-21,25,27,29,35H,5,9,13-16,19H2,1-4H3,(H,32,37)/b10-6+,22-17+/t20-,21-,25+,27+,29-/m0/s1. The Balaban J connectivity index is 1.58. The summed E-state index contributed by atoms with van der Waals surface area (Å²) in [5.41, 5.74) is 1.44. The Hall–Kier alpha value is -3.43. The van der Waals surface area contributed by atoms with Crippen LogP contribution in [0.4, 0.5) is 4.79 Å². The lowest BCUT2D eigenvalue weighted by atomic mass is 9.91. The average Bonchev–Trinajstić information content (AvgIpc) is 2.92. The van der Waals surface area contributed by atoms with Crippen LogP contribution >= 0.6 is 0 Å². The number of rotatable bonds is 3. The van der Waals surface area contributed by atoms with Crippen molar-refractivity contribution in [3.63, 3.8) is 0 Å². The number of benzene rings is 1. The van der Waals surface area contributed by atoms with Gasteiger partial charge < -0.3 is 29.4 Å². The Bertz CT molecular complexity index is 1310.